The molecule has 0 aromatic carbocycles. The van der Waals surface area contributed by atoms with E-state index in [-0.39, 0.29) is 5.54 Å². The number of rotatable bonds is 2. The Kier molecular flexibility index (Phi) is 3.62. The highest BCUT2D eigenvalue weighted by Crippen LogP contribution is 1.96. The molecular weight excluding hydrogens is 122 g/mol. The van der Waals surface area contributed by atoms with Crippen molar-refractivity contribution in [3.05, 3.63) is 0 Å². The molecule has 10 heavy (non-hydrogen) atoms. The first-order valence-electron chi connectivity index (χ1n) is 3.25. The quantitative estimate of drug-likeness (QED) is 0.557. The molecule has 54 valence electrons. The summed E-state index contributed by atoms with van der Waals surface area (Å²) in [5.41, 5.74) is -0.232. The summed E-state index contributed by atoms with van der Waals surface area (Å²) in [5.74, 6) is 8.29. The average Bonchev–Trinajstić information content (AvgIpc) is 1.89. The van der Waals surface area contributed by atoms with Crippen molar-refractivity contribution in [3.63, 3.8) is 0 Å². The Balaban J connectivity index is 3.67. The fourth-order valence-electron chi connectivity index (χ4n) is 0.405. The van der Waals surface area contributed by atoms with Crippen LogP contribution >= 0.6 is 0 Å². The van der Waals surface area contributed by atoms with Crippen molar-refractivity contribution >= 4 is 0 Å². The second-order valence-corrected chi connectivity index (χ2v) is 2.55. The Bertz CT molecular complexity index is 185. The molecular formula is C9H13N. The highest BCUT2D eigenvalue weighted by atomic mass is 14.9. The van der Waals surface area contributed by atoms with Gasteiger partial charge in [-0.25, -0.2) is 0 Å². The van der Waals surface area contributed by atoms with Gasteiger partial charge in [-0.15, -0.1) is 12.3 Å². The van der Waals surface area contributed by atoms with Gasteiger partial charge in [0.2, 0.25) is 0 Å². The summed E-state index contributed by atoms with van der Waals surface area (Å²) in [7, 11) is 0. The van der Waals surface area contributed by atoms with E-state index in [1.54, 1.807) is 0 Å². The van der Waals surface area contributed by atoms with Crippen LogP contribution in [0.5, 0.6) is 0 Å². The van der Waals surface area contributed by atoms with Crippen LogP contribution in [0, 0.1) is 24.2 Å². The Morgan fingerprint density at radius 3 is 2.50 bits per heavy atom. The molecule has 0 radical (unpaired) electrons. The molecule has 0 saturated heterocycles. The molecule has 1 heteroatoms. The van der Waals surface area contributed by atoms with Gasteiger partial charge in [0.25, 0.3) is 0 Å². The van der Waals surface area contributed by atoms with Crippen LogP contribution in [-0.4, -0.2) is 12.1 Å². The molecule has 1 N–H and O–H groups in total. The van der Waals surface area contributed by atoms with Crippen LogP contribution in [0.4, 0.5) is 0 Å². The van der Waals surface area contributed by atoms with Crippen LogP contribution in [0.25, 0.3) is 0 Å². The van der Waals surface area contributed by atoms with E-state index in [2.05, 4.69) is 23.1 Å². The van der Waals surface area contributed by atoms with Crippen molar-refractivity contribution < 1.29 is 0 Å². The lowest BCUT2D eigenvalue weighted by molar-refractivity contribution is 0.527. The Hall–Kier alpha value is -0.920. The summed E-state index contributed by atoms with van der Waals surface area (Å²) in [6.07, 6.45) is 5.23. The Morgan fingerprint density at radius 1 is 1.50 bits per heavy atom. The van der Waals surface area contributed by atoms with Gasteiger partial charge in [-0.3, -0.25) is 5.32 Å². The fraction of sp³-hybridized carbons (Fsp3) is 0.556. The highest BCUT2D eigenvalue weighted by molar-refractivity contribution is 5.09. The third kappa shape index (κ3) is 4.01. The molecule has 0 spiro atoms. The van der Waals surface area contributed by atoms with Crippen molar-refractivity contribution in [2.75, 3.05) is 6.54 Å². The molecule has 0 aromatic heterocycles. The van der Waals surface area contributed by atoms with Gasteiger partial charge in [0, 0.05) is 0 Å². The second kappa shape index (κ2) is 3.99. The number of terminal acetylenes is 1. The summed E-state index contributed by atoms with van der Waals surface area (Å²) in [5, 5.41) is 3.10. The fourth-order valence-corrected chi connectivity index (χ4v) is 0.405. The van der Waals surface area contributed by atoms with Crippen LogP contribution in [0.15, 0.2) is 0 Å². The minimum atomic E-state index is -0.232. The first-order chi connectivity index (χ1) is 4.62. The standard InChI is InChI=1S/C9H13N/c1-5-7-8-10-9(3,4)6-2/h2,10H,8H2,1,3-4H3. The molecule has 0 heterocycles. The maximum absolute atomic E-state index is 5.23. The second-order valence-electron chi connectivity index (χ2n) is 2.55. The van der Waals surface area contributed by atoms with E-state index in [0.29, 0.717) is 6.54 Å². The Labute approximate surface area is 63.2 Å². The predicted molar refractivity (Wildman–Crippen MR) is 44.4 cm³/mol. The monoisotopic (exact) mass is 135 g/mol. The van der Waals surface area contributed by atoms with Crippen molar-refractivity contribution in [1.82, 2.24) is 5.32 Å². The van der Waals surface area contributed by atoms with Crippen molar-refractivity contribution in [2.24, 2.45) is 0 Å². The first kappa shape index (κ1) is 9.08. The zero-order valence-corrected chi connectivity index (χ0v) is 6.78. The lowest BCUT2D eigenvalue weighted by Crippen LogP contribution is -2.37. The van der Waals surface area contributed by atoms with Gasteiger partial charge >= 0.3 is 0 Å². The van der Waals surface area contributed by atoms with E-state index in [1.807, 2.05) is 20.8 Å². The van der Waals surface area contributed by atoms with E-state index in [9.17, 15) is 0 Å². The van der Waals surface area contributed by atoms with Crippen LogP contribution in [0.1, 0.15) is 20.8 Å². The SMILES string of the molecule is C#CC(C)(C)NCC#CC. The molecule has 0 fully saturated rings. The first-order valence-corrected chi connectivity index (χ1v) is 3.25. The smallest absolute Gasteiger partial charge is 0.0748 e. The van der Waals surface area contributed by atoms with Crippen LogP contribution < -0.4 is 5.32 Å². The molecule has 1 nitrogen and oxygen atoms in total. The normalized spacial score (nSPS) is 9.40. The molecule has 0 amide bonds. The van der Waals surface area contributed by atoms with Gasteiger partial charge in [-0.1, -0.05) is 11.8 Å². The van der Waals surface area contributed by atoms with Gasteiger partial charge in [0.1, 0.15) is 0 Å². The van der Waals surface area contributed by atoms with E-state index >= 15 is 0 Å². The van der Waals surface area contributed by atoms with Crippen LogP contribution in [0.3, 0.4) is 0 Å². The molecule has 0 atom stereocenters. The minimum Gasteiger partial charge on any atom is -0.291 e. The summed E-state index contributed by atoms with van der Waals surface area (Å²) >= 11 is 0. The number of hydrogen-bond donors (Lipinski definition) is 1. The molecule has 0 saturated carbocycles. The zero-order valence-electron chi connectivity index (χ0n) is 6.78. The molecule has 0 aliphatic rings. The third-order valence-electron chi connectivity index (χ3n) is 1.16. The highest BCUT2D eigenvalue weighted by Gasteiger charge is 2.09. The topological polar surface area (TPSA) is 12.0 Å². The van der Waals surface area contributed by atoms with Crippen molar-refractivity contribution in [3.8, 4) is 24.2 Å². The van der Waals surface area contributed by atoms with E-state index in [1.165, 1.54) is 0 Å². The van der Waals surface area contributed by atoms with E-state index in [0.717, 1.165) is 0 Å². The van der Waals surface area contributed by atoms with E-state index < -0.39 is 0 Å². The Morgan fingerprint density at radius 2 is 2.10 bits per heavy atom. The summed E-state index contributed by atoms with van der Waals surface area (Å²) < 4.78 is 0. The van der Waals surface area contributed by atoms with Gasteiger partial charge in [-0.2, -0.15) is 0 Å². The van der Waals surface area contributed by atoms with Crippen LogP contribution in [-0.2, 0) is 0 Å². The van der Waals surface area contributed by atoms with Gasteiger partial charge in [0.05, 0.1) is 12.1 Å². The number of hydrogen-bond acceptors (Lipinski definition) is 1. The third-order valence-corrected chi connectivity index (χ3v) is 1.16. The molecule has 0 aromatic rings. The van der Waals surface area contributed by atoms with Gasteiger partial charge < -0.3 is 0 Å². The average molecular weight is 135 g/mol. The van der Waals surface area contributed by atoms with Crippen LogP contribution in [0.2, 0.25) is 0 Å². The predicted octanol–water partition coefficient (Wildman–Crippen LogP) is 1.01. The lowest BCUT2D eigenvalue weighted by Gasteiger charge is -2.16. The van der Waals surface area contributed by atoms with Crippen molar-refractivity contribution in [2.45, 2.75) is 26.3 Å². The molecule has 0 bridgehead atoms. The lowest BCUT2D eigenvalue weighted by atomic mass is 10.1. The molecule has 0 aliphatic carbocycles. The largest absolute Gasteiger partial charge is 0.291 e. The summed E-state index contributed by atoms with van der Waals surface area (Å²) in [6.45, 7) is 6.37. The molecule has 0 aliphatic heterocycles. The minimum absolute atomic E-state index is 0.232. The summed E-state index contributed by atoms with van der Waals surface area (Å²) in [6, 6.07) is 0. The maximum atomic E-state index is 5.23. The molecule has 0 rings (SSSR count). The van der Waals surface area contributed by atoms with Crippen molar-refractivity contribution in [1.29, 1.82) is 0 Å². The summed E-state index contributed by atoms with van der Waals surface area (Å²) in [4.78, 5) is 0. The van der Waals surface area contributed by atoms with E-state index in [4.69, 9.17) is 6.42 Å². The number of nitrogens with one attached hydrogen (secondary N) is 1. The van der Waals surface area contributed by atoms with Gasteiger partial charge in [0.15, 0.2) is 0 Å². The maximum Gasteiger partial charge on any atom is 0.0748 e. The molecule has 0 unspecified atom stereocenters. The van der Waals surface area contributed by atoms with Gasteiger partial charge in [-0.05, 0) is 20.8 Å². The zero-order chi connectivity index (χ0) is 8.04.